The Balaban J connectivity index is 1.81. The molecule has 104 valence electrons. The first kappa shape index (κ1) is 12.9. The summed E-state index contributed by atoms with van der Waals surface area (Å²) in [7, 11) is 0. The van der Waals surface area contributed by atoms with Gasteiger partial charge in [-0.05, 0) is 36.4 Å². The van der Waals surface area contributed by atoms with E-state index in [0.717, 1.165) is 0 Å². The molecular weight excluding hydrogens is 268 g/mol. The van der Waals surface area contributed by atoms with Gasteiger partial charge in [0, 0.05) is 0 Å². The third-order valence-electron chi connectivity index (χ3n) is 2.97. The maximum atomic E-state index is 12.2. The number of nitrogens with one attached hydrogen (secondary N) is 1. The predicted octanol–water partition coefficient (Wildman–Crippen LogP) is 2.30. The highest BCUT2D eigenvalue weighted by Gasteiger charge is 2.33. The molecule has 1 aromatic carbocycles. The lowest BCUT2D eigenvalue weighted by Gasteiger charge is -2.13. The van der Waals surface area contributed by atoms with Gasteiger partial charge in [0.25, 0.3) is 11.8 Å². The molecule has 0 radical (unpaired) electrons. The fraction of sp³-hybridized carbons (Fsp3) is 0. The van der Waals surface area contributed by atoms with Crippen LogP contribution in [0.15, 0.2) is 70.9 Å². The van der Waals surface area contributed by atoms with E-state index in [4.69, 9.17) is 4.42 Å². The lowest BCUT2D eigenvalue weighted by Crippen LogP contribution is -2.35. The lowest BCUT2D eigenvalue weighted by atomic mass is 10.2. The van der Waals surface area contributed by atoms with Crippen molar-refractivity contribution in [2.45, 2.75) is 0 Å². The van der Waals surface area contributed by atoms with E-state index in [1.54, 1.807) is 54.8 Å². The standard InChI is InChI=1S/C16H12N2O3/c19-15-14(10-4-8-13-9-5-11-21-13)16(20)18(17-15)12-6-2-1-3-7-12/h1-11H,(H,17,19)/b8-4+,14-10?. The molecule has 1 aromatic heterocycles. The number of furan rings is 1. The second kappa shape index (κ2) is 5.50. The zero-order valence-electron chi connectivity index (χ0n) is 11.0. The van der Waals surface area contributed by atoms with Gasteiger partial charge < -0.3 is 4.42 Å². The van der Waals surface area contributed by atoms with Crippen molar-refractivity contribution in [1.82, 2.24) is 5.43 Å². The number of amides is 2. The van der Waals surface area contributed by atoms with Crippen LogP contribution in [-0.2, 0) is 9.59 Å². The van der Waals surface area contributed by atoms with Crippen LogP contribution in [0.3, 0.4) is 0 Å². The third kappa shape index (κ3) is 2.62. The Morgan fingerprint density at radius 1 is 1.05 bits per heavy atom. The molecule has 0 saturated carbocycles. The fourth-order valence-corrected chi connectivity index (χ4v) is 1.96. The minimum atomic E-state index is -0.423. The molecule has 2 aromatic rings. The zero-order valence-corrected chi connectivity index (χ0v) is 11.0. The molecule has 0 aliphatic carbocycles. The minimum absolute atomic E-state index is 0.0849. The Morgan fingerprint density at radius 2 is 1.86 bits per heavy atom. The number of allylic oxidation sites excluding steroid dienone is 2. The average molecular weight is 280 g/mol. The number of rotatable bonds is 3. The van der Waals surface area contributed by atoms with E-state index < -0.39 is 5.91 Å². The first-order chi connectivity index (χ1) is 10.3. The topological polar surface area (TPSA) is 62.6 Å². The summed E-state index contributed by atoms with van der Waals surface area (Å²) in [6.45, 7) is 0. The molecule has 2 heterocycles. The summed E-state index contributed by atoms with van der Waals surface area (Å²) in [4.78, 5) is 24.1. The van der Waals surface area contributed by atoms with Crippen LogP contribution in [0.4, 0.5) is 5.69 Å². The monoisotopic (exact) mass is 280 g/mol. The highest BCUT2D eigenvalue weighted by molar-refractivity contribution is 6.29. The summed E-state index contributed by atoms with van der Waals surface area (Å²) in [5.41, 5.74) is 3.24. The maximum absolute atomic E-state index is 12.2. The first-order valence-electron chi connectivity index (χ1n) is 6.38. The second-order valence-corrected chi connectivity index (χ2v) is 4.37. The molecule has 0 atom stereocenters. The molecule has 5 nitrogen and oxygen atoms in total. The van der Waals surface area contributed by atoms with Crippen LogP contribution in [0.25, 0.3) is 6.08 Å². The van der Waals surface area contributed by atoms with Crippen molar-refractivity contribution in [3.63, 3.8) is 0 Å². The van der Waals surface area contributed by atoms with Gasteiger partial charge in [0.15, 0.2) is 0 Å². The van der Waals surface area contributed by atoms with Crippen LogP contribution in [0.1, 0.15) is 5.76 Å². The number of nitrogens with zero attached hydrogens (tertiary/aromatic N) is 1. The van der Waals surface area contributed by atoms with Crippen molar-refractivity contribution in [3.05, 3.63) is 72.2 Å². The summed E-state index contributed by atoms with van der Waals surface area (Å²) in [6.07, 6.45) is 6.32. The number of hydrogen-bond acceptors (Lipinski definition) is 3. The number of anilines is 1. The molecule has 21 heavy (non-hydrogen) atoms. The normalized spacial score (nSPS) is 17.0. The largest absolute Gasteiger partial charge is 0.465 e. The van der Waals surface area contributed by atoms with Gasteiger partial charge in [-0.15, -0.1) is 0 Å². The van der Waals surface area contributed by atoms with Crippen molar-refractivity contribution < 1.29 is 14.0 Å². The summed E-state index contributed by atoms with van der Waals surface area (Å²) in [5, 5.41) is 1.23. The Hall–Kier alpha value is -3.08. The van der Waals surface area contributed by atoms with Crippen molar-refractivity contribution in [2.75, 3.05) is 5.01 Å². The quantitative estimate of drug-likeness (QED) is 0.693. The van der Waals surface area contributed by atoms with Gasteiger partial charge in [-0.25, -0.2) is 5.01 Å². The molecule has 1 N–H and O–H groups in total. The van der Waals surface area contributed by atoms with Crippen LogP contribution >= 0.6 is 0 Å². The van der Waals surface area contributed by atoms with Gasteiger partial charge in [-0.3, -0.25) is 15.0 Å². The van der Waals surface area contributed by atoms with Crippen LogP contribution in [0.5, 0.6) is 0 Å². The average Bonchev–Trinajstić information content (AvgIpc) is 3.11. The highest BCUT2D eigenvalue weighted by atomic mass is 16.3. The van der Waals surface area contributed by atoms with E-state index in [0.29, 0.717) is 11.4 Å². The lowest BCUT2D eigenvalue weighted by molar-refractivity contribution is -0.117. The van der Waals surface area contributed by atoms with Gasteiger partial charge in [0.05, 0.1) is 12.0 Å². The van der Waals surface area contributed by atoms with E-state index >= 15 is 0 Å². The van der Waals surface area contributed by atoms with E-state index in [1.807, 2.05) is 6.07 Å². The Labute approximate surface area is 121 Å². The van der Waals surface area contributed by atoms with Gasteiger partial charge in [-0.1, -0.05) is 24.3 Å². The molecule has 5 heteroatoms. The van der Waals surface area contributed by atoms with Crippen molar-refractivity contribution in [2.24, 2.45) is 0 Å². The molecule has 3 rings (SSSR count). The Morgan fingerprint density at radius 3 is 2.57 bits per heavy atom. The number of carbonyl (C=O) groups excluding carboxylic acids is 2. The second-order valence-electron chi connectivity index (χ2n) is 4.37. The smallest absolute Gasteiger partial charge is 0.282 e. The number of carbonyl (C=O) groups is 2. The number of hydrogen-bond donors (Lipinski definition) is 1. The molecule has 0 spiro atoms. The van der Waals surface area contributed by atoms with E-state index in [-0.39, 0.29) is 11.5 Å². The first-order valence-corrected chi connectivity index (χ1v) is 6.38. The third-order valence-corrected chi connectivity index (χ3v) is 2.97. The van der Waals surface area contributed by atoms with Crippen LogP contribution < -0.4 is 10.4 Å². The maximum Gasteiger partial charge on any atom is 0.282 e. The van der Waals surface area contributed by atoms with Crippen molar-refractivity contribution >= 4 is 23.6 Å². The molecule has 1 aliphatic rings. The molecule has 1 aliphatic heterocycles. The number of para-hydroxylation sites is 1. The van der Waals surface area contributed by atoms with E-state index in [2.05, 4.69) is 5.43 Å². The Kier molecular flexibility index (Phi) is 3.39. The van der Waals surface area contributed by atoms with Crippen molar-refractivity contribution in [1.29, 1.82) is 0 Å². The molecule has 0 bridgehead atoms. The summed E-state index contributed by atoms with van der Waals surface area (Å²) in [6, 6.07) is 12.5. The van der Waals surface area contributed by atoms with Gasteiger partial charge in [-0.2, -0.15) is 0 Å². The molecule has 0 unspecified atom stereocenters. The highest BCUT2D eigenvalue weighted by Crippen LogP contribution is 2.19. The molecule has 1 saturated heterocycles. The fourth-order valence-electron chi connectivity index (χ4n) is 1.96. The molecule has 1 fully saturated rings. The van der Waals surface area contributed by atoms with Gasteiger partial charge >= 0.3 is 0 Å². The minimum Gasteiger partial charge on any atom is -0.465 e. The van der Waals surface area contributed by atoms with Gasteiger partial charge in [0.1, 0.15) is 11.3 Å². The van der Waals surface area contributed by atoms with Crippen LogP contribution in [0.2, 0.25) is 0 Å². The Bertz CT molecular complexity index is 715. The van der Waals surface area contributed by atoms with Crippen molar-refractivity contribution in [3.8, 4) is 0 Å². The molecular formula is C16H12N2O3. The van der Waals surface area contributed by atoms with Crippen LogP contribution in [-0.4, -0.2) is 11.8 Å². The van der Waals surface area contributed by atoms with Crippen LogP contribution in [0, 0.1) is 0 Å². The zero-order chi connectivity index (χ0) is 14.7. The number of hydrazine groups is 1. The van der Waals surface area contributed by atoms with Gasteiger partial charge in [0.2, 0.25) is 0 Å². The van der Waals surface area contributed by atoms with E-state index in [1.165, 1.54) is 11.1 Å². The summed E-state index contributed by atoms with van der Waals surface area (Å²) in [5.74, 6) is -0.152. The predicted molar refractivity (Wildman–Crippen MR) is 77.9 cm³/mol. The summed E-state index contributed by atoms with van der Waals surface area (Å²) >= 11 is 0. The van der Waals surface area contributed by atoms with E-state index in [9.17, 15) is 9.59 Å². The molecule has 2 amide bonds. The summed E-state index contributed by atoms with van der Waals surface area (Å²) < 4.78 is 5.13. The number of benzene rings is 1. The SMILES string of the molecule is O=C1NN(c2ccccc2)C(=O)C1=C/C=C/c1ccco1.